The van der Waals surface area contributed by atoms with Crippen molar-refractivity contribution in [1.82, 2.24) is 10.2 Å². The minimum Gasteiger partial charge on any atom is -0.481 e. The summed E-state index contributed by atoms with van der Waals surface area (Å²) in [6.45, 7) is -1.60. The van der Waals surface area contributed by atoms with Gasteiger partial charge in [0, 0.05) is 23.6 Å². The van der Waals surface area contributed by atoms with E-state index in [0.717, 1.165) is 0 Å². The van der Waals surface area contributed by atoms with Crippen LogP contribution in [0, 0.1) is 5.82 Å². The molecule has 0 spiro atoms. The number of carbonyl (C=O) groups excluding carboxylic acids is 2. The lowest BCUT2D eigenvalue weighted by atomic mass is 10.1. The first kappa shape index (κ1) is 22.7. The molecule has 2 rings (SSSR count). The molecule has 0 aliphatic carbocycles. The Morgan fingerprint density at radius 1 is 1.14 bits per heavy atom. The van der Waals surface area contributed by atoms with E-state index in [1.165, 1.54) is 48.3 Å². The van der Waals surface area contributed by atoms with Crippen LogP contribution in [0.25, 0.3) is 0 Å². The third kappa shape index (κ3) is 7.37. The van der Waals surface area contributed by atoms with Gasteiger partial charge in [0.1, 0.15) is 6.54 Å². The molecule has 0 aliphatic heterocycles. The highest BCUT2D eigenvalue weighted by molar-refractivity contribution is 9.10. The zero-order chi connectivity index (χ0) is 21.6. The molecule has 2 aromatic rings. The highest BCUT2D eigenvalue weighted by Crippen LogP contribution is 2.21. The molecule has 0 radical (unpaired) electrons. The molecule has 2 amide bonds. The van der Waals surface area contributed by atoms with E-state index in [-0.39, 0.29) is 24.5 Å². The highest BCUT2D eigenvalue weighted by atomic mass is 79.9. The van der Waals surface area contributed by atoms with Gasteiger partial charge in [-0.2, -0.15) is 13.2 Å². The lowest BCUT2D eigenvalue weighted by Crippen LogP contribution is -2.33. The Balaban J connectivity index is 1.87. The van der Waals surface area contributed by atoms with Crippen molar-refractivity contribution < 1.29 is 31.9 Å². The van der Waals surface area contributed by atoms with Crippen LogP contribution in [0.3, 0.4) is 0 Å². The number of hydrogen-bond donors (Lipinski definition) is 1. The monoisotopic (exact) mass is 476 g/mol. The van der Waals surface area contributed by atoms with Crippen LogP contribution >= 0.6 is 15.9 Å². The number of carbonyl (C=O) groups is 2. The normalized spacial score (nSPS) is 11.1. The second-order valence-corrected chi connectivity index (χ2v) is 7.02. The average molecular weight is 477 g/mol. The van der Waals surface area contributed by atoms with Gasteiger partial charge >= 0.3 is 6.18 Å². The summed E-state index contributed by atoms with van der Waals surface area (Å²) in [5.41, 5.74) is 0.726. The molecule has 156 valence electrons. The fraction of sp³-hybridized carbons (Fsp3) is 0.263. The summed E-state index contributed by atoms with van der Waals surface area (Å²) in [6.07, 6.45) is -4.49. The van der Waals surface area contributed by atoms with Gasteiger partial charge in [-0.05, 0) is 35.9 Å². The predicted octanol–water partition coefficient (Wildman–Crippen LogP) is 3.92. The van der Waals surface area contributed by atoms with Gasteiger partial charge in [-0.3, -0.25) is 9.59 Å². The lowest BCUT2D eigenvalue weighted by Gasteiger charge is -2.18. The molecule has 0 bridgehead atoms. The number of nitrogens with zero attached hydrogens (tertiary/aromatic N) is 1. The lowest BCUT2D eigenvalue weighted by molar-refractivity contribution is -0.132. The van der Waals surface area contributed by atoms with Gasteiger partial charge in [0.25, 0.3) is 11.8 Å². The van der Waals surface area contributed by atoms with E-state index in [1.807, 2.05) is 0 Å². The van der Waals surface area contributed by atoms with Crippen molar-refractivity contribution in [3.8, 4) is 5.75 Å². The maximum Gasteiger partial charge on any atom is 0.405 e. The minimum absolute atomic E-state index is 0.0517. The van der Waals surface area contributed by atoms with E-state index in [2.05, 4.69) is 15.9 Å². The second-order valence-electron chi connectivity index (χ2n) is 6.11. The van der Waals surface area contributed by atoms with Gasteiger partial charge in [-0.25, -0.2) is 4.39 Å². The molecule has 0 heterocycles. The number of benzene rings is 2. The first-order valence-electron chi connectivity index (χ1n) is 8.31. The molecule has 0 aromatic heterocycles. The number of likely N-dealkylation sites (N-methyl/N-ethyl adjacent to an activating group) is 1. The largest absolute Gasteiger partial charge is 0.481 e. The van der Waals surface area contributed by atoms with Gasteiger partial charge in [0.2, 0.25) is 0 Å². The summed E-state index contributed by atoms with van der Waals surface area (Å²) < 4.78 is 55.8. The quantitative estimate of drug-likeness (QED) is 0.616. The van der Waals surface area contributed by atoms with Crippen molar-refractivity contribution in [3.63, 3.8) is 0 Å². The molecule has 2 aromatic carbocycles. The number of nitrogens with one attached hydrogen (secondary N) is 1. The highest BCUT2D eigenvalue weighted by Gasteiger charge is 2.27. The molecule has 0 fully saturated rings. The van der Waals surface area contributed by atoms with Crippen LogP contribution in [0.2, 0.25) is 0 Å². The SMILES string of the molecule is CN(Cc1ccc(C(=O)NCC(F)(F)F)cc1)C(=O)COc1ccc(Br)cc1F. The summed E-state index contributed by atoms with van der Waals surface area (Å²) in [5.74, 6) is -1.90. The Morgan fingerprint density at radius 2 is 1.79 bits per heavy atom. The molecule has 0 aliphatic rings. The topological polar surface area (TPSA) is 58.6 Å². The number of ether oxygens (including phenoxy) is 1. The molecular weight excluding hydrogens is 460 g/mol. The van der Waals surface area contributed by atoms with Crippen molar-refractivity contribution in [2.75, 3.05) is 20.2 Å². The van der Waals surface area contributed by atoms with E-state index in [0.29, 0.717) is 10.0 Å². The Hall–Kier alpha value is -2.62. The van der Waals surface area contributed by atoms with Gasteiger partial charge in [0.15, 0.2) is 18.2 Å². The van der Waals surface area contributed by atoms with Crippen LogP contribution in [0.15, 0.2) is 46.9 Å². The molecule has 0 saturated carbocycles. The number of rotatable bonds is 7. The van der Waals surface area contributed by atoms with Gasteiger partial charge in [-0.15, -0.1) is 0 Å². The molecule has 1 N–H and O–H groups in total. The van der Waals surface area contributed by atoms with Crippen molar-refractivity contribution in [2.24, 2.45) is 0 Å². The molecule has 0 unspecified atom stereocenters. The maximum atomic E-state index is 13.7. The minimum atomic E-state index is -4.49. The third-order valence-electron chi connectivity index (χ3n) is 3.76. The van der Waals surface area contributed by atoms with E-state index < -0.39 is 30.4 Å². The molecule has 0 saturated heterocycles. The van der Waals surface area contributed by atoms with Gasteiger partial charge in [0.05, 0.1) is 0 Å². The van der Waals surface area contributed by atoms with Crippen molar-refractivity contribution in [2.45, 2.75) is 12.7 Å². The van der Waals surface area contributed by atoms with Gasteiger partial charge in [-0.1, -0.05) is 28.1 Å². The third-order valence-corrected chi connectivity index (χ3v) is 4.25. The van der Waals surface area contributed by atoms with Crippen LogP contribution in [0.4, 0.5) is 17.6 Å². The Kier molecular flexibility index (Phi) is 7.60. The number of hydrogen-bond acceptors (Lipinski definition) is 3. The summed E-state index contributed by atoms with van der Waals surface area (Å²) in [6, 6.07) is 9.99. The Labute approximate surface area is 172 Å². The van der Waals surface area contributed by atoms with E-state index in [1.54, 1.807) is 11.4 Å². The number of halogens is 5. The first-order valence-corrected chi connectivity index (χ1v) is 9.10. The van der Waals surface area contributed by atoms with Crippen LogP contribution in [0.1, 0.15) is 15.9 Å². The summed E-state index contributed by atoms with van der Waals surface area (Å²) in [5, 5.41) is 1.78. The zero-order valence-electron chi connectivity index (χ0n) is 15.2. The number of alkyl halides is 3. The molecule has 10 heteroatoms. The van der Waals surface area contributed by atoms with Gasteiger partial charge < -0.3 is 15.0 Å². The van der Waals surface area contributed by atoms with Crippen molar-refractivity contribution >= 4 is 27.7 Å². The zero-order valence-corrected chi connectivity index (χ0v) is 16.8. The van der Waals surface area contributed by atoms with Crippen LogP contribution in [-0.4, -0.2) is 43.1 Å². The van der Waals surface area contributed by atoms with Crippen LogP contribution in [0.5, 0.6) is 5.75 Å². The van der Waals surface area contributed by atoms with Crippen LogP contribution < -0.4 is 10.1 Å². The maximum absolute atomic E-state index is 13.7. The summed E-state index contributed by atoms with van der Waals surface area (Å²) in [7, 11) is 1.52. The van der Waals surface area contributed by atoms with Crippen molar-refractivity contribution in [3.05, 3.63) is 63.9 Å². The standard InChI is InChI=1S/C19H17BrF4N2O3/c1-26(17(27)10-29-16-7-6-14(20)8-15(16)21)9-12-2-4-13(5-3-12)18(28)25-11-19(22,23)24/h2-8H,9-11H2,1H3,(H,25,28). The fourth-order valence-electron chi connectivity index (χ4n) is 2.25. The predicted molar refractivity (Wildman–Crippen MR) is 101 cm³/mol. The summed E-state index contributed by atoms with van der Waals surface area (Å²) >= 11 is 3.12. The smallest absolute Gasteiger partial charge is 0.405 e. The summed E-state index contributed by atoms with van der Waals surface area (Å²) in [4.78, 5) is 25.2. The first-order chi connectivity index (χ1) is 13.5. The molecule has 29 heavy (non-hydrogen) atoms. The fourth-order valence-corrected chi connectivity index (χ4v) is 2.58. The molecule has 5 nitrogen and oxygen atoms in total. The second kappa shape index (κ2) is 9.73. The Bertz CT molecular complexity index is 873. The van der Waals surface area contributed by atoms with Crippen LogP contribution in [-0.2, 0) is 11.3 Å². The molecular formula is C19H17BrF4N2O3. The number of amides is 2. The van der Waals surface area contributed by atoms with E-state index >= 15 is 0 Å². The molecule has 0 atom stereocenters. The van der Waals surface area contributed by atoms with Crippen molar-refractivity contribution in [1.29, 1.82) is 0 Å². The van der Waals surface area contributed by atoms with E-state index in [4.69, 9.17) is 4.74 Å². The Morgan fingerprint density at radius 3 is 2.38 bits per heavy atom. The average Bonchev–Trinajstić information content (AvgIpc) is 2.65. The van der Waals surface area contributed by atoms with E-state index in [9.17, 15) is 27.2 Å².